The smallest absolute Gasteiger partial charge is 0.255 e. The van der Waals surface area contributed by atoms with Crippen molar-refractivity contribution >= 4 is 29.1 Å². The van der Waals surface area contributed by atoms with Crippen LogP contribution in [0.2, 0.25) is 10.0 Å². The van der Waals surface area contributed by atoms with Gasteiger partial charge in [-0.25, -0.2) is 4.98 Å². The maximum atomic E-state index is 12.5. The van der Waals surface area contributed by atoms with Gasteiger partial charge in [0.2, 0.25) is 0 Å². The Morgan fingerprint density at radius 3 is 2.77 bits per heavy atom. The predicted octanol–water partition coefficient (Wildman–Crippen LogP) is 3.46. The van der Waals surface area contributed by atoms with Gasteiger partial charge in [0.1, 0.15) is 11.8 Å². The van der Waals surface area contributed by atoms with Gasteiger partial charge in [-0.1, -0.05) is 29.3 Å². The van der Waals surface area contributed by atoms with E-state index >= 15 is 0 Å². The van der Waals surface area contributed by atoms with Crippen LogP contribution in [0.1, 0.15) is 27.2 Å². The van der Waals surface area contributed by atoms with Gasteiger partial charge in [0.25, 0.3) is 5.91 Å². The molecule has 1 aromatic carbocycles. The second kappa shape index (κ2) is 5.96. The lowest BCUT2D eigenvalue weighted by molar-refractivity contribution is 0.0734. The Bertz CT molecular complexity index is 781. The molecule has 4 nitrogen and oxygen atoms in total. The van der Waals surface area contributed by atoms with E-state index in [1.54, 1.807) is 17.0 Å². The van der Waals surface area contributed by atoms with Crippen LogP contribution in [0, 0.1) is 11.3 Å². The number of aromatic nitrogens is 1. The Morgan fingerprint density at radius 1 is 1.27 bits per heavy atom. The number of nitriles is 1. The summed E-state index contributed by atoms with van der Waals surface area (Å²) in [6.07, 6.45) is 2.16. The summed E-state index contributed by atoms with van der Waals surface area (Å²) in [4.78, 5) is 18.2. The molecule has 0 N–H and O–H groups in total. The molecular formula is C16H11Cl2N3O. The van der Waals surface area contributed by atoms with E-state index in [1.165, 1.54) is 12.3 Å². The molecule has 2 heterocycles. The average Bonchev–Trinajstić information content (AvgIpc) is 2.57. The minimum Gasteiger partial charge on any atom is -0.334 e. The molecule has 2 aromatic rings. The Hall–Kier alpha value is -2.09. The summed E-state index contributed by atoms with van der Waals surface area (Å²) in [5.41, 5.74) is 2.77. The second-order valence-corrected chi connectivity index (χ2v) is 5.80. The molecular weight excluding hydrogens is 321 g/mol. The number of hydrogen-bond acceptors (Lipinski definition) is 3. The molecule has 1 aromatic heterocycles. The van der Waals surface area contributed by atoms with Crippen molar-refractivity contribution in [2.75, 3.05) is 6.54 Å². The number of carbonyl (C=O) groups is 1. The van der Waals surface area contributed by atoms with Crippen LogP contribution in [0.4, 0.5) is 0 Å². The van der Waals surface area contributed by atoms with Crippen molar-refractivity contribution in [3.63, 3.8) is 0 Å². The largest absolute Gasteiger partial charge is 0.334 e. The van der Waals surface area contributed by atoms with Crippen LogP contribution in [0.5, 0.6) is 0 Å². The maximum Gasteiger partial charge on any atom is 0.255 e. The van der Waals surface area contributed by atoms with Crippen LogP contribution in [0.3, 0.4) is 0 Å². The van der Waals surface area contributed by atoms with Gasteiger partial charge in [-0.3, -0.25) is 4.79 Å². The third-order valence-electron chi connectivity index (χ3n) is 3.71. The van der Waals surface area contributed by atoms with Gasteiger partial charge in [0.15, 0.2) is 0 Å². The first-order chi connectivity index (χ1) is 10.6. The van der Waals surface area contributed by atoms with Crippen LogP contribution in [0.15, 0.2) is 30.5 Å². The van der Waals surface area contributed by atoms with E-state index in [2.05, 4.69) is 4.98 Å². The van der Waals surface area contributed by atoms with E-state index < -0.39 is 0 Å². The normalized spacial score (nSPS) is 13.4. The standard InChI is InChI=1S/C16H11Cl2N3O/c17-14-4-2-10-5-6-21(9-13(10)15(14)18)16(22)11-1-3-12(7-19)20-8-11/h1-4,8H,5-6,9H2. The van der Waals surface area contributed by atoms with Crippen LogP contribution >= 0.6 is 23.2 Å². The molecule has 3 rings (SSSR count). The zero-order valence-corrected chi connectivity index (χ0v) is 13.0. The van der Waals surface area contributed by atoms with Crippen molar-refractivity contribution in [1.29, 1.82) is 5.26 Å². The molecule has 1 amide bonds. The van der Waals surface area contributed by atoms with Crippen LogP contribution in [-0.2, 0) is 13.0 Å². The number of hydrogen-bond donors (Lipinski definition) is 0. The topological polar surface area (TPSA) is 57.0 Å². The molecule has 0 spiro atoms. The van der Waals surface area contributed by atoms with E-state index in [0.29, 0.717) is 28.7 Å². The van der Waals surface area contributed by atoms with Crippen molar-refractivity contribution < 1.29 is 4.79 Å². The highest BCUT2D eigenvalue weighted by molar-refractivity contribution is 6.42. The predicted molar refractivity (Wildman–Crippen MR) is 83.9 cm³/mol. The lowest BCUT2D eigenvalue weighted by Gasteiger charge is -2.29. The zero-order valence-electron chi connectivity index (χ0n) is 11.5. The number of benzene rings is 1. The molecule has 110 valence electrons. The Balaban J connectivity index is 1.86. The fraction of sp³-hybridized carbons (Fsp3) is 0.188. The van der Waals surface area contributed by atoms with Gasteiger partial charge in [0.05, 0.1) is 15.6 Å². The number of pyridine rings is 1. The lowest BCUT2D eigenvalue weighted by atomic mass is 9.99. The number of halogens is 2. The zero-order chi connectivity index (χ0) is 15.7. The number of fused-ring (bicyclic) bond motifs is 1. The summed E-state index contributed by atoms with van der Waals surface area (Å²) in [6, 6.07) is 8.82. The number of carbonyl (C=O) groups excluding carboxylic acids is 1. The van der Waals surface area contributed by atoms with Crippen molar-refractivity contribution in [2.24, 2.45) is 0 Å². The molecule has 0 aliphatic carbocycles. The molecule has 0 bridgehead atoms. The monoisotopic (exact) mass is 331 g/mol. The molecule has 1 aliphatic rings. The van der Waals surface area contributed by atoms with E-state index in [9.17, 15) is 4.79 Å². The van der Waals surface area contributed by atoms with Crippen molar-refractivity contribution in [1.82, 2.24) is 9.88 Å². The first kappa shape index (κ1) is 14.8. The quantitative estimate of drug-likeness (QED) is 0.804. The van der Waals surface area contributed by atoms with Crippen molar-refractivity contribution in [3.8, 4) is 6.07 Å². The molecule has 6 heteroatoms. The average molecular weight is 332 g/mol. The van der Waals surface area contributed by atoms with Gasteiger partial charge >= 0.3 is 0 Å². The Kier molecular flexibility index (Phi) is 4.02. The number of rotatable bonds is 1. The number of nitrogens with zero attached hydrogens (tertiary/aromatic N) is 3. The molecule has 0 unspecified atom stereocenters. The highest BCUT2D eigenvalue weighted by atomic mass is 35.5. The maximum absolute atomic E-state index is 12.5. The summed E-state index contributed by atoms with van der Waals surface area (Å²) in [5, 5.41) is 9.75. The summed E-state index contributed by atoms with van der Waals surface area (Å²) in [5.74, 6) is -0.126. The fourth-order valence-corrected chi connectivity index (χ4v) is 2.93. The van der Waals surface area contributed by atoms with E-state index in [1.807, 2.05) is 12.1 Å². The minimum atomic E-state index is -0.126. The van der Waals surface area contributed by atoms with Crippen molar-refractivity contribution in [2.45, 2.75) is 13.0 Å². The summed E-state index contributed by atoms with van der Waals surface area (Å²) in [7, 11) is 0. The summed E-state index contributed by atoms with van der Waals surface area (Å²) >= 11 is 12.3. The molecule has 0 atom stereocenters. The lowest BCUT2D eigenvalue weighted by Crippen LogP contribution is -2.36. The highest BCUT2D eigenvalue weighted by Crippen LogP contribution is 2.32. The third kappa shape index (κ3) is 2.66. The molecule has 0 fully saturated rings. The molecule has 0 saturated heterocycles. The third-order valence-corrected chi connectivity index (χ3v) is 4.55. The Labute approximate surface area is 137 Å². The van der Waals surface area contributed by atoms with E-state index in [0.717, 1.165) is 17.5 Å². The van der Waals surface area contributed by atoms with Gasteiger partial charge in [-0.15, -0.1) is 0 Å². The summed E-state index contributed by atoms with van der Waals surface area (Å²) < 4.78 is 0. The summed E-state index contributed by atoms with van der Waals surface area (Å²) in [6.45, 7) is 1.04. The van der Waals surface area contributed by atoms with Gasteiger partial charge in [0, 0.05) is 19.3 Å². The fourth-order valence-electron chi connectivity index (χ4n) is 2.51. The molecule has 0 saturated carbocycles. The van der Waals surface area contributed by atoms with Gasteiger partial charge in [-0.2, -0.15) is 5.26 Å². The molecule has 22 heavy (non-hydrogen) atoms. The minimum absolute atomic E-state index is 0.126. The first-order valence-corrected chi connectivity index (χ1v) is 7.47. The molecule has 1 aliphatic heterocycles. The van der Waals surface area contributed by atoms with Crippen molar-refractivity contribution in [3.05, 3.63) is 62.9 Å². The SMILES string of the molecule is N#Cc1ccc(C(=O)N2CCc3ccc(Cl)c(Cl)c3C2)cn1. The number of amides is 1. The van der Waals surface area contributed by atoms with Crippen LogP contribution < -0.4 is 0 Å². The van der Waals surface area contributed by atoms with E-state index in [4.69, 9.17) is 28.5 Å². The van der Waals surface area contributed by atoms with E-state index in [-0.39, 0.29) is 11.6 Å². The second-order valence-electron chi connectivity index (χ2n) is 5.02. The van der Waals surface area contributed by atoms with Crippen LogP contribution in [0.25, 0.3) is 0 Å². The highest BCUT2D eigenvalue weighted by Gasteiger charge is 2.24. The van der Waals surface area contributed by atoms with Crippen LogP contribution in [-0.4, -0.2) is 22.3 Å². The first-order valence-electron chi connectivity index (χ1n) is 6.71. The van der Waals surface area contributed by atoms with Gasteiger partial charge < -0.3 is 4.90 Å². The van der Waals surface area contributed by atoms with Gasteiger partial charge in [-0.05, 0) is 35.7 Å². The molecule has 0 radical (unpaired) electrons. The Morgan fingerprint density at radius 2 is 2.09 bits per heavy atom.